The quantitative estimate of drug-likeness (QED) is 0.285. The Labute approximate surface area is 177 Å². The lowest BCUT2D eigenvalue weighted by Crippen LogP contribution is -2.39. The number of nitrogens with zero attached hydrogens (tertiary/aromatic N) is 2. The van der Waals surface area contributed by atoms with Gasteiger partial charge in [-0.05, 0) is 36.2 Å². The van der Waals surface area contributed by atoms with E-state index in [9.17, 15) is 4.79 Å². The van der Waals surface area contributed by atoms with E-state index >= 15 is 0 Å². The molecule has 2 aromatic carbocycles. The van der Waals surface area contributed by atoms with Crippen molar-refractivity contribution < 1.29 is 14.3 Å². The summed E-state index contributed by atoms with van der Waals surface area (Å²) in [7, 11) is 0. The normalized spacial score (nSPS) is 15.0. The molecule has 3 rings (SSSR count). The van der Waals surface area contributed by atoms with Gasteiger partial charge in [0.1, 0.15) is 6.61 Å². The number of hydrogen-bond acceptors (Lipinski definition) is 5. The summed E-state index contributed by atoms with van der Waals surface area (Å²) in [4.78, 5) is 19.1. The van der Waals surface area contributed by atoms with Gasteiger partial charge in [0.05, 0.1) is 25.3 Å². The summed E-state index contributed by atoms with van der Waals surface area (Å²) >= 11 is 0. The summed E-state index contributed by atoms with van der Waals surface area (Å²) in [5.41, 5.74) is 8.34. The molecule has 0 radical (unpaired) electrons. The molecule has 3 N–H and O–H groups in total. The Morgan fingerprint density at radius 3 is 2.67 bits per heavy atom. The zero-order chi connectivity index (χ0) is 21.0. The first-order chi connectivity index (χ1) is 14.7. The van der Waals surface area contributed by atoms with Crippen molar-refractivity contribution in [2.45, 2.75) is 19.6 Å². The SMILES string of the molecule is NC(=NCc1cccc(C(=O)OCc2ccccc2)c1)NCCCN1CCOCC1. The molecule has 0 spiro atoms. The molecular weight excluding hydrogens is 380 g/mol. The molecule has 0 unspecified atom stereocenters. The number of rotatable bonds is 9. The van der Waals surface area contributed by atoms with Gasteiger partial charge in [0.2, 0.25) is 0 Å². The molecule has 1 aliphatic heterocycles. The number of aliphatic imine (C=N–C) groups is 1. The summed E-state index contributed by atoms with van der Waals surface area (Å²) < 4.78 is 10.7. The maximum absolute atomic E-state index is 12.3. The number of guanidine groups is 1. The fourth-order valence-corrected chi connectivity index (χ4v) is 3.18. The molecule has 1 saturated heterocycles. The molecule has 0 aliphatic carbocycles. The van der Waals surface area contributed by atoms with Crippen LogP contribution in [0, 0.1) is 0 Å². The van der Waals surface area contributed by atoms with Gasteiger partial charge in [-0.3, -0.25) is 4.90 Å². The average molecular weight is 411 g/mol. The second-order valence-corrected chi connectivity index (χ2v) is 7.20. The van der Waals surface area contributed by atoms with Crippen molar-refractivity contribution in [1.29, 1.82) is 0 Å². The second-order valence-electron chi connectivity index (χ2n) is 7.20. The lowest BCUT2D eigenvalue weighted by molar-refractivity contribution is 0.0376. The number of benzene rings is 2. The van der Waals surface area contributed by atoms with Crippen molar-refractivity contribution in [2.75, 3.05) is 39.4 Å². The van der Waals surface area contributed by atoms with Crippen molar-refractivity contribution in [2.24, 2.45) is 10.7 Å². The lowest BCUT2D eigenvalue weighted by Gasteiger charge is -2.26. The van der Waals surface area contributed by atoms with E-state index in [4.69, 9.17) is 15.2 Å². The van der Waals surface area contributed by atoms with Gasteiger partial charge in [0.25, 0.3) is 0 Å². The molecular formula is C23H30N4O3. The highest BCUT2D eigenvalue weighted by atomic mass is 16.5. The van der Waals surface area contributed by atoms with E-state index in [1.54, 1.807) is 12.1 Å². The summed E-state index contributed by atoms with van der Waals surface area (Å²) in [5, 5.41) is 3.15. The number of carbonyl (C=O) groups is 1. The number of nitrogens with two attached hydrogens (primary N) is 1. The van der Waals surface area contributed by atoms with Gasteiger partial charge in [-0.2, -0.15) is 0 Å². The van der Waals surface area contributed by atoms with Gasteiger partial charge >= 0.3 is 5.97 Å². The molecule has 2 aromatic rings. The molecule has 30 heavy (non-hydrogen) atoms. The van der Waals surface area contributed by atoms with Crippen LogP contribution in [0.15, 0.2) is 59.6 Å². The number of ether oxygens (including phenoxy) is 2. The Hall–Kier alpha value is -2.90. The van der Waals surface area contributed by atoms with Gasteiger partial charge < -0.3 is 20.5 Å². The smallest absolute Gasteiger partial charge is 0.338 e. The van der Waals surface area contributed by atoms with Crippen molar-refractivity contribution in [1.82, 2.24) is 10.2 Å². The average Bonchev–Trinajstić information content (AvgIpc) is 2.80. The van der Waals surface area contributed by atoms with Crippen molar-refractivity contribution >= 4 is 11.9 Å². The molecule has 7 nitrogen and oxygen atoms in total. The van der Waals surface area contributed by atoms with Crippen LogP contribution in [0.5, 0.6) is 0 Å². The predicted molar refractivity (Wildman–Crippen MR) is 117 cm³/mol. The Balaban J connectivity index is 1.40. The maximum Gasteiger partial charge on any atom is 0.338 e. The van der Waals surface area contributed by atoms with Gasteiger partial charge in [-0.15, -0.1) is 0 Å². The molecule has 0 bridgehead atoms. The van der Waals surface area contributed by atoms with Crippen LogP contribution in [0.25, 0.3) is 0 Å². The third kappa shape index (κ3) is 7.50. The molecule has 0 saturated carbocycles. The van der Waals surface area contributed by atoms with Crippen molar-refractivity contribution in [3.63, 3.8) is 0 Å². The largest absolute Gasteiger partial charge is 0.457 e. The summed E-state index contributed by atoms with van der Waals surface area (Å²) in [6.07, 6.45) is 0.999. The van der Waals surface area contributed by atoms with Crippen LogP contribution in [-0.2, 0) is 22.6 Å². The minimum absolute atomic E-state index is 0.253. The molecule has 0 aromatic heterocycles. The Kier molecular flexibility index (Phi) is 8.68. The molecule has 1 fully saturated rings. The zero-order valence-electron chi connectivity index (χ0n) is 17.3. The fraction of sp³-hybridized carbons (Fsp3) is 0.391. The maximum atomic E-state index is 12.3. The Morgan fingerprint density at radius 1 is 1.10 bits per heavy atom. The standard InChI is InChI=1S/C23H30N4O3/c24-23(25-10-5-11-27-12-14-29-15-13-27)26-17-20-8-4-9-21(16-20)22(28)30-18-19-6-2-1-3-7-19/h1-4,6-9,16H,5,10-15,17-18H2,(H3,24,25,26). The summed E-state index contributed by atoms with van der Waals surface area (Å²) in [5.74, 6) is 0.0629. The lowest BCUT2D eigenvalue weighted by atomic mass is 10.1. The first kappa shape index (κ1) is 21.8. The highest BCUT2D eigenvalue weighted by Gasteiger charge is 2.10. The molecule has 0 amide bonds. The second kappa shape index (κ2) is 11.9. The van der Waals surface area contributed by atoms with Gasteiger partial charge in [-0.1, -0.05) is 42.5 Å². The van der Waals surface area contributed by atoms with E-state index in [0.29, 0.717) is 18.1 Å². The van der Waals surface area contributed by atoms with Crippen LogP contribution in [0.4, 0.5) is 0 Å². The van der Waals surface area contributed by atoms with Crippen LogP contribution < -0.4 is 11.1 Å². The van der Waals surface area contributed by atoms with E-state index in [1.165, 1.54) is 0 Å². The summed E-state index contributed by atoms with van der Waals surface area (Å²) in [6.45, 7) is 6.08. The predicted octanol–water partition coefficient (Wildman–Crippen LogP) is 2.17. The van der Waals surface area contributed by atoms with Crippen LogP contribution in [0.3, 0.4) is 0 Å². The molecule has 7 heteroatoms. The highest BCUT2D eigenvalue weighted by Crippen LogP contribution is 2.10. The van der Waals surface area contributed by atoms with Crippen LogP contribution in [0.1, 0.15) is 27.9 Å². The van der Waals surface area contributed by atoms with Crippen molar-refractivity contribution in [3.05, 3.63) is 71.3 Å². The zero-order valence-corrected chi connectivity index (χ0v) is 17.3. The van der Waals surface area contributed by atoms with E-state index in [-0.39, 0.29) is 12.6 Å². The minimum Gasteiger partial charge on any atom is -0.457 e. The first-order valence-corrected chi connectivity index (χ1v) is 10.3. The fourth-order valence-electron chi connectivity index (χ4n) is 3.18. The van der Waals surface area contributed by atoms with Gasteiger partial charge in [-0.25, -0.2) is 9.79 Å². The Bertz CT molecular complexity index is 820. The summed E-state index contributed by atoms with van der Waals surface area (Å²) in [6, 6.07) is 16.9. The van der Waals surface area contributed by atoms with E-state index in [2.05, 4.69) is 15.2 Å². The van der Waals surface area contributed by atoms with E-state index < -0.39 is 0 Å². The molecule has 1 heterocycles. The van der Waals surface area contributed by atoms with Gasteiger partial charge in [0, 0.05) is 19.6 Å². The number of hydrogen-bond donors (Lipinski definition) is 2. The number of esters is 1. The minimum atomic E-state index is -0.348. The third-order valence-electron chi connectivity index (χ3n) is 4.87. The number of carbonyl (C=O) groups excluding carboxylic acids is 1. The van der Waals surface area contributed by atoms with Crippen LogP contribution in [-0.4, -0.2) is 56.2 Å². The van der Waals surface area contributed by atoms with E-state index in [1.807, 2.05) is 42.5 Å². The first-order valence-electron chi connectivity index (χ1n) is 10.3. The molecule has 160 valence electrons. The van der Waals surface area contributed by atoms with Crippen LogP contribution >= 0.6 is 0 Å². The number of morpholine rings is 1. The van der Waals surface area contributed by atoms with Crippen LogP contribution in [0.2, 0.25) is 0 Å². The Morgan fingerprint density at radius 2 is 1.87 bits per heavy atom. The third-order valence-corrected chi connectivity index (χ3v) is 4.87. The molecule has 0 atom stereocenters. The van der Waals surface area contributed by atoms with Crippen molar-refractivity contribution in [3.8, 4) is 0 Å². The highest BCUT2D eigenvalue weighted by molar-refractivity contribution is 5.89. The monoisotopic (exact) mass is 410 g/mol. The van der Waals surface area contributed by atoms with E-state index in [0.717, 1.165) is 56.9 Å². The van der Waals surface area contributed by atoms with Gasteiger partial charge in [0.15, 0.2) is 5.96 Å². The number of nitrogens with one attached hydrogen (secondary N) is 1. The molecule has 1 aliphatic rings. The topological polar surface area (TPSA) is 89.2 Å².